The van der Waals surface area contributed by atoms with Crippen molar-refractivity contribution in [3.8, 4) is 0 Å². The van der Waals surface area contributed by atoms with Crippen LogP contribution in [0.2, 0.25) is 5.02 Å². The van der Waals surface area contributed by atoms with Gasteiger partial charge in [0.05, 0.1) is 17.7 Å². The van der Waals surface area contributed by atoms with E-state index in [4.69, 9.17) is 11.6 Å². The molecular weight excluding hydrogens is 376 g/mol. The van der Waals surface area contributed by atoms with Crippen molar-refractivity contribution in [1.29, 1.82) is 0 Å². The molecule has 0 aliphatic rings. The van der Waals surface area contributed by atoms with Crippen LogP contribution in [0.5, 0.6) is 0 Å². The third-order valence-electron chi connectivity index (χ3n) is 4.47. The predicted octanol–water partition coefficient (Wildman–Crippen LogP) is 3.99. The molecule has 2 aromatic heterocycles. The van der Waals surface area contributed by atoms with Crippen LogP contribution < -0.4 is 10.9 Å². The van der Waals surface area contributed by atoms with Gasteiger partial charge in [0.1, 0.15) is 0 Å². The van der Waals surface area contributed by atoms with Gasteiger partial charge in [-0.1, -0.05) is 41.4 Å². The molecule has 0 bridgehead atoms. The normalized spacial score (nSPS) is 10.9. The molecule has 2 aromatic carbocycles. The number of carbonyl (C=O) groups is 1. The smallest absolute Gasteiger partial charge is 0.276 e. The number of amides is 1. The van der Waals surface area contributed by atoms with Crippen molar-refractivity contribution >= 4 is 34.1 Å². The molecule has 6 nitrogen and oxygen atoms in total. The molecule has 140 valence electrons. The summed E-state index contributed by atoms with van der Waals surface area (Å²) >= 11 is 6.19. The molecule has 7 heteroatoms. The number of aryl methyl sites for hydroxylation is 1. The van der Waals surface area contributed by atoms with Crippen LogP contribution in [0.1, 0.15) is 21.6 Å². The summed E-state index contributed by atoms with van der Waals surface area (Å²) < 4.78 is 1.50. The van der Waals surface area contributed by atoms with Gasteiger partial charge in [-0.05, 0) is 36.8 Å². The summed E-state index contributed by atoms with van der Waals surface area (Å²) in [6.07, 6.45) is 1.60. The fraction of sp³-hybridized carbons (Fsp3) is 0.0952. The van der Waals surface area contributed by atoms with E-state index in [1.807, 2.05) is 43.3 Å². The van der Waals surface area contributed by atoms with Gasteiger partial charge in [-0.15, -0.1) is 0 Å². The first-order chi connectivity index (χ1) is 13.5. The molecule has 28 heavy (non-hydrogen) atoms. The maximum atomic E-state index is 12.7. The molecule has 0 saturated heterocycles. The fourth-order valence-electron chi connectivity index (χ4n) is 3.03. The summed E-state index contributed by atoms with van der Waals surface area (Å²) in [5.41, 5.74) is 3.28. The Bertz CT molecular complexity index is 1240. The lowest BCUT2D eigenvalue weighted by Gasteiger charge is -2.10. The Kier molecular flexibility index (Phi) is 4.71. The number of fused-ring (bicyclic) bond motifs is 1. The molecular formula is C21H17ClN4O2. The zero-order chi connectivity index (χ0) is 19.7. The largest absolute Gasteiger partial charge is 0.319 e. The van der Waals surface area contributed by atoms with E-state index >= 15 is 0 Å². The number of pyridine rings is 1. The van der Waals surface area contributed by atoms with Gasteiger partial charge < -0.3 is 9.88 Å². The van der Waals surface area contributed by atoms with E-state index in [2.05, 4.69) is 15.5 Å². The first kappa shape index (κ1) is 18.0. The Balaban J connectivity index is 1.61. The van der Waals surface area contributed by atoms with Gasteiger partial charge in [-0.3, -0.25) is 14.7 Å². The van der Waals surface area contributed by atoms with E-state index in [0.29, 0.717) is 22.9 Å². The molecule has 0 aliphatic heterocycles. The lowest BCUT2D eigenvalue weighted by atomic mass is 10.1. The highest BCUT2D eigenvalue weighted by Crippen LogP contribution is 2.19. The average Bonchev–Trinajstić information content (AvgIpc) is 3.09. The third-order valence-corrected chi connectivity index (χ3v) is 4.84. The standard InChI is InChI=1S/C21H17ClN4O2/c1-13-6-8-18-16(10-13)20(25-24-18)21(28)23-15-7-9-19(27)26(12-15)11-14-4-2-3-5-17(14)22/h2-10,12H,11H2,1H3,(H,23,28)(H,24,25). The topological polar surface area (TPSA) is 79.8 Å². The van der Waals surface area contributed by atoms with E-state index in [0.717, 1.165) is 22.0 Å². The summed E-state index contributed by atoms with van der Waals surface area (Å²) in [7, 11) is 0. The highest BCUT2D eigenvalue weighted by Gasteiger charge is 2.15. The first-order valence-corrected chi connectivity index (χ1v) is 9.09. The van der Waals surface area contributed by atoms with E-state index < -0.39 is 0 Å². The lowest BCUT2D eigenvalue weighted by Crippen LogP contribution is -2.21. The van der Waals surface area contributed by atoms with Crippen molar-refractivity contribution in [3.63, 3.8) is 0 Å². The van der Waals surface area contributed by atoms with Crippen molar-refractivity contribution in [1.82, 2.24) is 14.8 Å². The van der Waals surface area contributed by atoms with E-state index in [1.165, 1.54) is 10.6 Å². The average molecular weight is 393 g/mol. The van der Waals surface area contributed by atoms with Crippen LogP contribution in [-0.2, 0) is 6.54 Å². The second kappa shape index (κ2) is 7.32. The number of nitrogens with one attached hydrogen (secondary N) is 2. The molecule has 0 fully saturated rings. The van der Waals surface area contributed by atoms with Crippen LogP contribution in [0.3, 0.4) is 0 Å². The Labute approximate surface area is 165 Å². The van der Waals surface area contributed by atoms with Crippen LogP contribution in [0.4, 0.5) is 5.69 Å². The van der Waals surface area contributed by atoms with Crippen molar-refractivity contribution in [2.24, 2.45) is 0 Å². The number of hydrogen-bond donors (Lipinski definition) is 2. The Morgan fingerprint density at radius 2 is 2.00 bits per heavy atom. The molecule has 2 N–H and O–H groups in total. The van der Waals surface area contributed by atoms with Crippen molar-refractivity contribution in [2.45, 2.75) is 13.5 Å². The summed E-state index contributed by atoms with van der Waals surface area (Å²) in [5.74, 6) is -0.347. The predicted molar refractivity (Wildman–Crippen MR) is 110 cm³/mol. The number of anilines is 1. The first-order valence-electron chi connectivity index (χ1n) is 8.71. The van der Waals surface area contributed by atoms with Crippen molar-refractivity contribution < 1.29 is 4.79 Å². The Morgan fingerprint density at radius 3 is 2.82 bits per heavy atom. The van der Waals surface area contributed by atoms with Crippen LogP contribution in [0, 0.1) is 6.92 Å². The number of carbonyl (C=O) groups excluding carboxylic acids is 1. The second-order valence-corrected chi connectivity index (χ2v) is 6.96. The number of H-pyrrole nitrogens is 1. The van der Waals surface area contributed by atoms with Crippen molar-refractivity contribution in [3.05, 3.63) is 93.0 Å². The molecule has 4 aromatic rings. The maximum absolute atomic E-state index is 12.7. The molecule has 0 unspecified atom stereocenters. The number of benzene rings is 2. The minimum atomic E-state index is -0.347. The Hall–Kier alpha value is -3.38. The van der Waals surface area contributed by atoms with Gasteiger partial charge in [0.2, 0.25) is 0 Å². The van der Waals surface area contributed by atoms with Gasteiger partial charge in [0, 0.05) is 22.7 Å². The summed E-state index contributed by atoms with van der Waals surface area (Å²) in [4.78, 5) is 24.9. The van der Waals surface area contributed by atoms with Crippen LogP contribution in [-0.4, -0.2) is 20.7 Å². The monoisotopic (exact) mass is 392 g/mol. The van der Waals surface area contributed by atoms with Gasteiger partial charge in [-0.25, -0.2) is 0 Å². The highest BCUT2D eigenvalue weighted by molar-refractivity contribution is 6.31. The number of nitrogens with zero attached hydrogens (tertiary/aromatic N) is 2. The summed E-state index contributed by atoms with van der Waals surface area (Å²) in [6, 6.07) is 16.1. The fourth-order valence-corrected chi connectivity index (χ4v) is 3.23. The molecule has 0 aliphatic carbocycles. The quantitative estimate of drug-likeness (QED) is 0.551. The number of rotatable bonds is 4. The molecule has 0 atom stereocenters. The maximum Gasteiger partial charge on any atom is 0.276 e. The highest BCUT2D eigenvalue weighted by atomic mass is 35.5. The lowest BCUT2D eigenvalue weighted by molar-refractivity contribution is 0.102. The molecule has 4 rings (SSSR count). The molecule has 0 spiro atoms. The zero-order valence-corrected chi connectivity index (χ0v) is 15.8. The number of aromatic amines is 1. The zero-order valence-electron chi connectivity index (χ0n) is 15.1. The number of halogens is 1. The molecule has 2 heterocycles. The van der Waals surface area contributed by atoms with Gasteiger partial charge in [-0.2, -0.15) is 5.10 Å². The van der Waals surface area contributed by atoms with Crippen LogP contribution in [0.25, 0.3) is 10.9 Å². The third kappa shape index (κ3) is 3.54. The second-order valence-electron chi connectivity index (χ2n) is 6.55. The van der Waals surface area contributed by atoms with E-state index in [9.17, 15) is 9.59 Å². The summed E-state index contributed by atoms with van der Waals surface area (Å²) in [6.45, 7) is 2.27. The molecule has 1 amide bonds. The molecule has 0 saturated carbocycles. The van der Waals surface area contributed by atoms with Crippen LogP contribution in [0.15, 0.2) is 65.6 Å². The number of aromatic nitrogens is 3. The number of hydrogen-bond acceptors (Lipinski definition) is 3. The minimum Gasteiger partial charge on any atom is -0.319 e. The van der Waals surface area contributed by atoms with E-state index in [1.54, 1.807) is 18.3 Å². The van der Waals surface area contributed by atoms with E-state index in [-0.39, 0.29) is 11.5 Å². The van der Waals surface area contributed by atoms with Crippen molar-refractivity contribution in [2.75, 3.05) is 5.32 Å². The van der Waals surface area contributed by atoms with Gasteiger partial charge >= 0.3 is 0 Å². The molecule has 0 radical (unpaired) electrons. The Morgan fingerprint density at radius 1 is 1.18 bits per heavy atom. The minimum absolute atomic E-state index is 0.182. The van der Waals surface area contributed by atoms with Gasteiger partial charge in [0.25, 0.3) is 11.5 Å². The SMILES string of the molecule is Cc1ccc2[nH]nc(C(=O)Nc3ccc(=O)n(Cc4ccccc4Cl)c3)c2c1. The van der Waals surface area contributed by atoms with Gasteiger partial charge in [0.15, 0.2) is 5.69 Å². The summed E-state index contributed by atoms with van der Waals surface area (Å²) in [5, 5.41) is 11.1. The van der Waals surface area contributed by atoms with Crippen LogP contribution >= 0.6 is 11.6 Å².